The Balaban J connectivity index is 1.30. The molecular formula is C39H54O7. The Morgan fingerprint density at radius 1 is 0.913 bits per heavy atom. The first kappa shape index (κ1) is 33.1. The van der Waals surface area contributed by atoms with Crippen LogP contribution in [0.25, 0.3) is 6.08 Å². The zero-order chi connectivity index (χ0) is 33.6. The second kappa shape index (κ2) is 10.9. The fourth-order valence-corrected chi connectivity index (χ4v) is 12.7. The van der Waals surface area contributed by atoms with Gasteiger partial charge in [-0.25, -0.2) is 4.79 Å². The van der Waals surface area contributed by atoms with Gasteiger partial charge in [-0.2, -0.15) is 0 Å². The zero-order valence-corrected chi connectivity index (χ0v) is 28.5. The number of carboxylic acid groups (broad SMARTS) is 1. The number of allylic oxidation sites excluding steroid dienone is 1. The molecule has 0 bridgehead atoms. The van der Waals surface area contributed by atoms with Crippen molar-refractivity contribution in [3.05, 3.63) is 42.0 Å². The van der Waals surface area contributed by atoms with E-state index in [0.29, 0.717) is 23.8 Å². The van der Waals surface area contributed by atoms with Gasteiger partial charge in [-0.15, -0.1) is 0 Å². The molecule has 11 atom stereocenters. The summed E-state index contributed by atoms with van der Waals surface area (Å²) >= 11 is 0. The van der Waals surface area contributed by atoms with Gasteiger partial charge in [-0.1, -0.05) is 52.8 Å². The Morgan fingerprint density at radius 2 is 1.63 bits per heavy atom. The lowest BCUT2D eigenvalue weighted by atomic mass is 9.32. The minimum absolute atomic E-state index is 0.0122. The lowest BCUT2D eigenvalue weighted by molar-refractivity contribution is -0.265. The van der Waals surface area contributed by atoms with Gasteiger partial charge >= 0.3 is 11.9 Å². The standard InChI is InChI=1S/C39H54O7/c1-22(2)24-14-17-39(34(44)45)19-18-37(6)25(32(24)39)10-12-30-36(5)21-28(33(43)35(3,4)29(36)15-16-38(30,37)7)46-31(42)13-9-23-8-11-26(40)27(41)20-23/h8-9,11,13,20,24-25,28-30,32-33,40-41,43H,1,10,12,14-19,21H2,2-7H3,(H,44,45)/b13-9+/t24-,25+,28+,29-,30+,32+,33-,36-,37+,38+,39-/m0/s1. The number of phenolic OH excluding ortho intramolecular Hbond substituents is 2. The zero-order valence-electron chi connectivity index (χ0n) is 28.5. The number of benzene rings is 1. The highest BCUT2D eigenvalue weighted by atomic mass is 16.6. The van der Waals surface area contributed by atoms with Crippen molar-refractivity contribution in [2.75, 3.05) is 0 Å². The number of ether oxygens (including phenoxy) is 1. The van der Waals surface area contributed by atoms with Gasteiger partial charge in [0.05, 0.1) is 11.5 Å². The number of carboxylic acids is 1. The molecule has 5 aliphatic rings. The number of carbonyl (C=O) groups is 2. The minimum atomic E-state index is -0.808. The predicted molar refractivity (Wildman–Crippen MR) is 177 cm³/mol. The molecule has 0 saturated heterocycles. The van der Waals surface area contributed by atoms with Crippen LogP contribution in [0.4, 0.5) is 0 Å². The van der Waals surface area contributed by atoms with E-state index in [9.17, 15) is 30.0 Å². The number of phenols is 2. The van der Waals surface area contributed by atoms with E-state index in [1.54, 1.807) is 6.07 Å². The number of aliphatic carboxylic acids is 1. The van der Waals surface area contributed by atoms with E-state index >= 15 is 0 Å². The van der Waals surface area contributed by atoms with Crippen LogP contribution in [0.15, 0.2) is 36.4 Å². The summed E-state index contributed by atoms with van der Waals surface area (Å²) in [6.07, 6.45) is 9.31. The van der Waals surface area contributed by atoms with Crippen LogP contribution in [0, 0.1) is 56.7 Å². The van der Waals surface area contributed by atoms with Crippen molar-refractivity contribution in [3.8, 4) is 11.5 Å². The van der Waals surface area contributed by atoms with Crippen LogP contribution >= 0.6 is 0 Å². The molecule has 5 fully saturated rings. The summed E-state index contributed by atoms with van der Waals surface area (Å²) in [6, 6.07) is 4.33. The normalized spacial score (nSPS) is 44.4. The first-order valence-electron chi connectivity index (χ1n) is 17.4. The summed E-state index contributed by atoms with van der Waals surface area (Å²) < 4.78 is 6.05. The number of carbonyl (C=O) groups excluding carboxylic acids is 1. The van der Waals surface area contributed by atoms with Crippen LogP contribution in [0.2, 0.25) is 0 Å². The average molecular weight is 635 g/mol. The SMILES string of the molecule is C=C(C)[C@@H]1CC[C@]2(C(=O)O)CC[C@]3(C)[C@H](CC[C@@H]4[C@@]5(C)C[C@@H](OC(=O)/C=C/c6ccc(O)c(O)c6)[C@H](O)C(C)(C)[C@@H]5CC[C@]43C)[C@@H]12. The molecule has 6 rings (SSSR count). The molecule has 0 spiro atoms. The van der Waals surface area contributed by atoms with Gasteiger partial charge in [0.2, 0.25) is 0 Å². The van der Waals surface area contributed by atoms with Crippen molar-refractivity contribution < 1.29 is 34.8 Å². The van der Waals surface area contributed by atoms with Crippen LogP contribution in [0.1, 0.15) is 105 Å². The number of aliphatic hydroxyl groups excluding tert-OH is 1. The number of fused-ring (bicyclic) bond motifs is 7. The second-order valence-electron chi connectivity index (χ2n) is 17.2. The second-order valence-corrected chi connectivity index (χ2v) is 17.2. The third kappa shape index (κ3) is 4.53. The fourth-order valence-electron chi connectivity index (χ4n) is 12.7. The predicted octanol–water partition coefficient (Wildman–Crippen LogP) is 7.74. The molecular weight excluding hydrogens is 580 g/mol. The molecule has 1 aromatic carbocycles. The van der Waals surface area contributed by atoms with E-state index in [0.717, 1.165) is 56.9 Å². The highest BCUT2D eigenvalue weighted by Crippen LogP contribution is 2.77. The summed E-state index contributed by atoms with van der Waals surface area (Å²) in [4.78, 5) is 26.1. The number of hydrogen-bond donors (Lipinski definition) is 4. The largest absolute Gasteiger partial charge is 0.504 e. The molecule has 1 aromatic rings. The topological polar surface area (TPSA) is 124 Å². The van der Waals surface area contributed by atoms with E-state index in [1.807, 2.05) is 0 Å². The molecule has 7 nitrogen and oxygen atoms in total. The Hall–Kier alpha value is -2.80. The number of hydrogen-bond acceptors (Lipinski definition) is 6. The van der Waals surface area contributed by atoms with E-state index in [4.69, 9.17) is 4.74 Å². The third-order valence-corrected chi connectivity index (χ3v) is 15.1. The molecule has 7 heteroatoms. The summed E-state index contributed by atoms with van der Waals surface area (Å²) in [5.41, 5.74) is 0.354. The van der Waals surface area contributed by atoms with Crippen LogP contribution in [0.5, 0.6) is 11.5 Å². The van der Waals surface area contributed by atoms with Crippen molar-refractivity contribution in [1.29, 1.82) is 0 Å². The minimum Gasteiger partial charge on any atom is -0.504 e. The van der Waals surface area contributed by atoms with Crippen molar-refractivity contribution in [1.82, 2.24) is 0 Å². The lowest BCUT2D eigenvalue weighted by Gasteiger charge is -2.73. The average Bonchev–Trinajstić information content (AvgIpc) is 3.38. The maximum absolute atomic E-state index is 13.1. The Labute approximate surface area is 274 Å². The van der Waals surface area contributed by atoms with Crippen molar-refractivity contribution in [3.63, 3.8) is 0 Å². The highest BCUT2D eigenvalue weighted by Gasteiger charge is 2.72. The van der Waals surface area contributed by atoms with Crippen molar-refractivity contribution in [2.24, 2.45) is 56.7 Å². The molecule has 252 valence electrons. The first-order chi connectivity index (χ1) is 21.4. The van der Waals surface area contributed by atoms with Crippen LogP contribution in [0.3, 0.4) is 0 Å². The number of aromatic hydroxyl groups is 2. The van der Waals surface area contributed by atoms with Crippen LogP contribution in [-0.2, 0) is 14.3 Å². The van der Waals surface area contributed by atoms with E-state index < -0.39 is 35.0 Å². The Kier molecular flexibility index (Phi) is 7.82. The molecule has 0 aliphatic heterocycles. The van der Waals surface area contributed by atoms with Crippen molar-refractivity contribution >= 4 is 18.0 Å². The quantitative estimate of drug-likeness (QED) is 0.113. The number of esters is 1. The molecule has 0 amide bonds. The van der Waals surface area contributed by atoms with Gasteiger partial charge in [-0.3, -0.25) is 4.79 Å². The van der Waals surface area contributed by atoms with E-state index in [-0.39, 0.29) is 45.5 Å². The van der Waals surface area contributed by atoms with E-state index in [2.05, 4.69) is 48.1 Å². The summed E-state index contributed by atoms with van der Waals surface area (Å²) in [5, 5.41) is 41.8. The Bertz CT molecular complexity index is 1460. The van der Waals surface area contributed by atoms with Crippen molar-refractivity contribution in [2.45, 2.75) is 112 Å². The van der Waals surface area contributed by atoms with E-state index in [1.165, 1.54) is 24.3 Å². The van der Waals surface area contributed by atoms with Gasteiger partial charge in [0.25, 0.3) is 0 Å². The smallest absolute Gasteiger partial charge is 0.331 e. The van der Waals surface area contributed by atoms with Gasteiger partial charge in [0, 0.05) is 6.08 Å². The molecule has 0 radical (unpaired) electrons. The molecule has 0 heterocycles. The lowest BCUT2D eigenvalue weighted by Crippen LogP contribution is -2.68. The molecule has 0 aromatic heterocycles. The van der Waals surface area contributed by atoms with Crippen LogP contribution < -0.4 is 0 Å². The number of aliphatic hydroxyl groups is 1. The number of rotatable bonds is 5. The van der Waals surface area contributed by atoms with Crippen LogP contribution in [-0.4, -0.2) is 44.6 Å². The molecule has 46 heavy (non-hydrogen) atoms. The maximum Gasteiger partial charge on any atom is 0.331 e. The summed E-state index contributed by atoms with van der Waals surface area (Å²) in [7, 11) is 0. The van der Waals surface area contributed by atoms with Gasteiger partial charge in [0.15, 0.2) is 11.5 Å². The van der Waals surface area contributed by atoms with Gasteiger partial charge in [-0.05, 0) is 140 Å². The fraction of sp³-hybridized carbons (Fsp3) is 0.692. The maximum atomic E-state index is 13.1. The molecule has 0 unspecified atom stereocenters. The van der Waals surface area contributed by atoms with Gasteiger partial charge < -0.3 is 25.2 Å². The highest BCUT2D eigenvalue weighted by molar-refractivity contribution is 5.87. The summed E-state index contributed by atoms with van der Waals surface area (Å²) in [5.74, 6) is -0.362. The summed E-state index contributed by atoms with van der Waals surface area (Å²) in [6.45, 7) is 18.0. The van der Waals surface area contributed by atoms with Gasteiger partial charge in [0.1, 0.15) is 6.10 Å². The molecule has 5 saturated carbocycles. The Morgan fingerprint density at radius 3 is 2.28 bits per heavy atom. The monoisotopic (exact) mass is 634 g/mol. The molecule has 4 N–H and O–H groups in total. The first-order valence-corrected chi connectivity index (χ1v) is 17.4. The molecule has 5 aliphatic carbocycles. The third-order valence-electron chi connectivity index (χ3n) is 15.1.